The van der Waals surface area contributed by atoms with Crippen molar-refractivity contribution in [2.45, 2.75) is 25.3 Å². The van der Waals surface area contributed by atoms with Gasteiger partial charge in [0.1, 0.15) is 0 Å². The van der Waals surface area contributed by atoms with Gasteiger partial charge in [0.25, 0.3) is 0 Å². The van der Waals surface area contributed by atoms with Crippen molar-refractivity contribution in [2.24, 2.45) is 5.73 Å². The SMILES string of the molecule is CC1CN(C)CCCN1CC(C(=N)N)c1ccccc1. The maximum Gasteiger partial charge on any atom is 0.0995 e. The first-order valence-corrected chi connectivity index (χ1v) is 7.39. The van der Waals surface area contributed by atoms with E-state index < -0.39 is 0 Å². The predicted molar refractivity (Wildman–Crippen MR) is 84.2 cm³/mol. The van der Waals surface area contributed by atoms with Crippen LogP contribution in [0, 0.1) is 5.41 Å². The summed E-state index contributed by atoms with van der Waals surface area (Å²) >= 11 is 0. The third kappa shape index (κ3) is 3.81. The summed E-state index contributed by atoms with van der Waals surface area (Å²) in [5.74, 6) is 0.267. The summed E-state index contributed by atoms with van der Waals surface area (Å²) in [5, 5.41) is 7.91. The number of amidine groups is 1. The number of nitrogens with one attached hydrogen (secondary N) is 1. The van der Waals surface area contributed by atoms with Crippen LogP contribution in [0.5, 0.6) is 0 Å². The minimum atomic E-state index is 0.00190. The molecule has 110 valence electrons. The quantitative estimate of drug-likeness (QED) is 0.649. The van der Waals surface area contributed by atoms with Crippen molar-refractivity contribution in [1.29, 1.82) is 5.41 Å². The lowest BCUT2D eigenvalue weighted by Gasteiger charge is -2.31. The van der Waals surface area contributed by atoms with Crippen LogP contribution in [0.1, 0.15) is 24.8 Å². The zero-order valence-corrected chi connectivity index (χ0v) is 12.5. The second-order valence-corrected chi connectivity index (χ2v) is 5.88. The van der Waals surface area contributed by atoms with E-state index in [1.807, 2.05) is 18.2 Å². The van der Waals surface area contributed by atoms with Crippen molar-refractivity contribution in [3.05, 3.63) is 35.9 Å². The number of hydrogen-bond acceptors (Lipinski definition) is 3. The van der Waals surface area contributed by atoms with Crippen LogP contribution in [0.25, 0.3) is 0 Å². The van der Waals surface area contributed by atoms with E-state index in [2.05, 4.69) is 35.9 Å². The standard InChI is InChI=1S/C16H26N4/c1-13-11-19(2)9-6-10-20(13)12-15(16(17)18)14-7-4-3-5-8-14/h3-5,7-8,13,15H,6,9-12H2,1-2H3,(H3,17,18). The van der Waals surface area contributed by atoms with Gasteiger partial charge in [0, 0.05) is 19.1 Å². The van der Waals surface area contributed by atoms with Crippen LogP contribution in [-0.4, -0.2) is 54.9 Å². The van der Waals surface area contributed by atoms with Gasteiger partial charge in [-0.25, -0.2) is 0 Å². The molecule has 0 bridgehead atoms. The van der Waals surface area contributed by atoms with Crippen molar-refractivity contribution in [3.63, 3.8) is 0 Å². The highest BCUT2D eigenvalue weighted by molar-refractivity contribution is 5.84. The molecular weight excluding hydrogens is 248 g/mol. The molecule has 2 rings (SSSR count). The van der Waals surface area contributed by atoms with Gasteiger partial charge in [0.2, 0.25) is 0 Å². The highest BCUT2D eigenvalue weighted by Gasteiger charge is 2.24. The fourth-order valence-electron chi connectivity index (χ4n) is 3.00. The van der Waals surface area contributed by atoms with Crippen LogP contribution in [0.15, 0.2) is 30.3 Å². The van der Waals surface area contributed by atoms with Gasteiger partial charge in [-0.3, -0.25) is 10.3 Å². The van der Waals surface area contributed by atoms with E-state index in [1.165, 1.54) is 6.42 Å². The van der Waals surface area contributed by atoms with Crippen LogP contribution < -0.4 is 5.73 Å². The Morgan fingerprint density at radius 2 is 2.05 bits per heavy atom. The van der Waals surface area contributed by atoms with E-state index >= 15 is 0 Å². The Labute approximate surface area is 122 Å². The average molecular weight is 274 g/mol. The number of hydrogen-bond donors (Lipinski definition) is 2. The fourth-order valence-corrected chi connectivity index (χ4v) is 3.00. The Hall–Kier alpha value is -1.39. The lowest BCUT2D eigenvalue weighted by Crippen LogP contribution is -2.42. The molecule has 1 aliphatic rings. The molecule has 20 heavy (non-hydrogen) atoms. The van der Waals surface area contributed by atoms with Crippen molar-refractivity contribution < 1.29 is 0 Å². The van der Waals surface area contributed by atoms with Crippen molar-refractivity contribution >= 4 is 5.84 Å². The summed E-state index contributed by atoms with van der Waals surface area (Å²) < 4.78 is 0. The van der Waals surface area contributed by atoms with Crippen LogP contribution in [0.2, 0.25) is 0 Å². The molecule has 1 heterocycles. The van der Waals surface area contributed by atoms with Crippen molar-refractivity contribution in [1.82, 2.24) is 9.80 Å². The normalized spacial score (nSPS) is 23.2. The van der Waals surface area contributed by atoms with E-state index in [9.17, 15) is 0 Å². The van der Waals surface area contributed by atoms with Crippen LogP contribution in [0.4, 0.5) is 0 Å². The largest absolute Gasteiger partial charge is 0.387 e. The molecule has 1 aliphatic heterocycles. The third-order valence-corrected chi connectivity index (χ3v) is 4.18. The first-order chi connectivity index (χ1) is 9.58. The van der Waals surface area contributed by atoms with Gasteiger partial charge in [-0.05, 0) is 39.0 Å². The highest BCUT2D eigenvalue weighted by atomic mass is 15.2. The Kier molecular flexibility index (Phi) is 5.15. The van der Waals surface area contributed by atoms with E-state index in [0.29, 0.717) is 6.04 Å². The number of rotatable bonds is 4. The van der Waals surface area contributed by atoms with Gasteiger partial charge >= 0.3 is 0 Å². The Bertz CT molecular complexity index is 431. The number of benzene rings is 1. The molecule has 0 aromatic heterocycles. The average Bonchev–Trinajstić information content (AvgIpc) is 2.57. The molecule has 1 aromatic rings. The van der Waals surface area contributed by atoms with Gasteiger partial charge < -0.3 is 10.6 Å². The molecule has 0 saturated carbocycles. The Morgan fingerprint density at radius 1 is 1.35 bits per heavy atom. The summed E-state index contributed by atoms with van der Waals surface area (Å²) in [6.45, 7) is 6.43. The monoisotopic (exact) mass is 274 g/mol. The van der Waals surface area contributed by atoms with E-state index in [4.69, 9.17) is 11.1 Å². The molecule has 1 aromatic carbocycles. The molecule has 1 saturated heterocycles. The van der Waals surface area contributed by atoms with Gasteiger partial charge in [-0.15, -0.1) is 0 Å². The first-order valence-electron chi connectivity index (χ1n) is 7.39. The maximum atomic E-state index is 7.91. The third-order valence-electron chi connectivity index (χ3n) is 4.18. The summed E-state index contributed by atoms with van der Waals surface area (Å²) in [5.41, 5.74) is 6.99. The molecule has 0 amide bonds. The van der Waals surface area contributed by atoms with Crippen LogP contribution in [-0.2, 0) is 0 Å². The molecule has 0 radical (unpaired) electrons. The molecule has 3 N–H and O–H groups in total. The number of nitrogens with zero attached hydrogens (tertiary/aromatic N) is 2. The van der Waals surface area contributed by atoms with E-state index in [0.717, 1.165) is 31.7 Å². The molecule has 0 aliphatic carbocycles. The van der Waals surface area contributed by atoms with Gasteiger partial charge in [-0.1, -0.05) is 30.3 Å². The Morgan fingerprint density at radius 3 is 2.70 bits per heavy atom. The minimum absolute atomic E-state index is 0.00190. The van der Waals surface area contributed by atoms with Crippen LogP contribution in [0.3, 0.4) is 0 Å². The molecule has 4 nitrogen and oxygen atoms in total. The minimum Gasteiger partial charge on any atom is -0.387 e. The summed E-state index contributed by atoms with van der Waals surface area (Å²) in [6, 6.07) is 10.7. The molecule has 4 heteroatoms. The Balaban J connectivity index is 2.10. The molecule has 1 fully saturated rings. The van der Waals surface area contributed by atoms with Crippen molar-refractivity contribution in [2.75, 3.05) is 33.2 Å². The van der Waals surface area contributed by atoms with Gasteiger partial charge in [0.05, 0.1) is 11.8 Å². The van der Waals surface area contributed by atoms with Gasteiger partial charge in [-0.2, -0.15) is 0 Å². The summed E-state index contributed by atoms with van der Waals surface area (Å²) in [7, 11) is 2.18. The van der Waals surface area contributed by atoms with Crippen molar-refractivity contribution in [3.8, 4) is 0 Å². The second-order valence-electron chi connectivity index (χ2n) is 5.88. The molecule has 0 spiro atoms. The zero-order valence-electron chi connectivity index (χ0n) is 12.5. The maximum absolute atomic E-state index is 7.91. The number of nitrogens with two attached hydrogens (primary N) is 1. The predicted octanol–water partition coefficient (Wildman–Crippen LogP) is 1.73. The van der Waals surface area contributed by atoms with Crippen LogP contribution >= 0.6 is 0 Å². The zero-order chi connectivity index (χ0) is 14.5. The topological polar surface area (TPSA) is 56.4 Å². The second kappa shape index (κ2) is 6.86. The molecule has 2 atom stereocenters. The highest BCUT2D eigenvalue weighted by Crippen LogP contribution is 2.19. The number of likely N-dealkylation sites (N-methyl/N-ethyl adjacent to an activating group) is 1. The lowest BCUT2D eigenvalue weighted by molar-refractivity contribution is 0.200. The lowest BCUT2D eigenvalue weighted by atomic mass is 9.97. The molecule has 2 unspecified atom stereocenters. The first kappa shape index (κ1) is 15.0. The molecular formula is C16H26N4. The van der Waals surface area contributed by atoms with E-state index in [1.54, 1.807) is 0 Å². The summed E-state index contributed by atoms with van der Waals surface area (Å²) in [6.07, 6.45) is 1.18. The smallest absolute Gasteiger partial charge is 0.0995 e. The fraction of sp³-hybridized carbons (Fsp3) is 0.562. The van der Waals surface area contributed by atoms with Gasteiger partial charge in [0.15, 0.2) is 0 Å². The summed E-state index contributed by atoms with van der Waals surface area (Å²) in [4.78, 5) is 4.86. The van der Waals surface area contributed by atoms with E-state index in [-0.39, 0.29) is 11.8 Å².